The van der Waals surface area contributed by atoms with Crippen molar-refractivity contribution in [3.8, 4) is 0 Å². The van der Waals surface area contributed by atoms with Gasteiger partial charge in [-0.25, -0.2) is 13.4 Å². The minimum Gasteiger partial charge on any atom is -0.326 e. The predicted molar refractivity (Wildman–Crippen MR) is 123 cm³/mol. The lowest BCUT2D eigenvalue weighted by Crippen LogP contribution is -2.13. The maximum Gasteiger partial charge on any atom is 0.263 e. The molecular weight excluding hydrogens is 438 g/mol. The summed E-state index contributed by atoms with van der Waals surface area (Å²) in [5.41, 5.74) is 3.21. The number of hydrogen-bond acceptors (Lipinski definition) is 6. The van der Waals surface area contributed by atoms with Crippen molar-refractivity contribution in [2.24, 2.45) is 0 Å². The molecule has 9 heteroatoms. The molecule has 0 radical (unpaired) electrons. The number of nitrogens with zero attached hydrogens (tertiary/aromatic N) is 1. The summed E-state index contributed by atoms with van der Waals surface area (Å²) in [5, 5.41) is 5.14. The second kappa shape index (κ2) is 8.17. The van der Waals surface area contributed by atoms with E-state index in [1.807, 2.05) is 43.5 Å². The third kappa shape index (κ3) is 4.53. The van der Waals surface area contributed by atoms with Crippen LogP contribution in [0.2, 0.25) is 0 Å². The van der Waals surface area contributed by atoms with Crippen LogP contribution in [0.1, 0.15) is 16.0 Å². The minimum atomic E-state index is -3.72. The second-order valence-electron chi connectivity index (χ2n) is 6.88. The average molecular weight is 458 g/mol. The molecule has 0 bridgehead atoms. The van der Waals surface area contributed by atoms with Gasteiger partial charge in [-0.05, 0) is 55.1 Å². The number of carbonyl (C=O) groups is 1. The molecule has 1 amide bonds. The summed E-state index contributed by atoms with van der Waals surface area (Å²) in [6.07, 6.45) is 0.318. The van der Waals surface area contributed by atoms with E-state index in [0.29, 0.717) is 17.6 Å². The van der Waals surface area contributed by atoms with Crippen LogP contribution in [-0.4, -0.2) is 19.3 Å². The Kier molecular flexibility index (Phi) is 5.59. The van der Waals surface area contributed by atoms with Gasteiger partial charge in [0, 0.05) is 10.6 Å². The number of benzene rings is 2. The van der Waals surface area contributed by atoms with Crippen LogP contribution in [0.15, 0.2) is 58.8 Å². The van der Waals surface area contributed by atoms with Crippen LogP contribution < -0.4 is 10.0 Å². The van der Waals surface area contributed by atoms with Gasteiger partial charge < -0.3 is 5.32 Å². The Morgan fingerprint density at radius 3 is 2.57 bits per heavy atom. The van der Waals surface area contributed by atoms with Crippen LogP contribution in [0.25, 0.3) is 10.2 Å². The van der Waals surface area contributed by atoms with Crippen LogP contribution in [0.4, 0.5) is 10.8 Å². The van der Waals surface area contributed by atoms with Crippen molar-refractivity contribution in [3.05, 3.63) is 69.9 Å². The number of aromatic nitrogens is 1. The van der Waals surface area contributed by atoms with Crippen LogP contribution >= 0.6 is 22.7 Å². The fourth-order valence-corrected chi connectivity index (χ4v) is 5.90. The zero-order valence-corrected chi connectivity index (χ0v) is 18.7. The van der Waals surface area contributed by atoms with Gasteiger partial charge in [0.05, 0.1) is 21.5 Å². The molecule has 154 valence electrons. The van der Waals surface area contributed by atoms with Crippen molar-refractivity contribution >= 4 is 59.6 Å². The summed E-state index contributed by atoms with van der Waals surface area (Å²) in [7, 11) is -3.72. The fourth-order valence-electron chi connectivity index (χ4n) is 2.98. The van der Waals surface area contributed by atoms with Crippen molar-refractivity contribution < 1.29 is 13.2 Å². The number of nitrogens with one attached hydrogen (secondary N) is 2. The highest BCUT2D eigenvalue weighted by molar-refractivity contribution is 7.93. The summed E-state index contributed by atoms with van der Waals surface area (Å²) in [4.78, 5) is 17.9. The Bertz CT molecular complexity index is 1310. The van der Waals surface area contributed by atoms with E-state index in [1.165, 1.54) is 11.3 Å². The molecule has 2 aromatic carbocycles. The summed E-state index contributed by atoms with van der Waals surface area (Å²) >= 11 is 2.77. The van der Waals surface area contributed by atoms with Crippen molar-refractivity contribution in [2.75, 3.05) is 10.0 Å². The van der Waals surface area contributed by atoms with Gasteiger partial charge in [-0.2, -0.15) is 0 Å². The SMILES string of the molecule is Cc1ccc(S(=O)(=O)Nc2nc3c(C)cc(NC(=O)Cc4cccs4)cc3s2)cc1. The highest BCUT2D eigenvalue weighted by Crippen LogP contribution is 2.32. The Balaban J connectivity index is 1.56. The van der Waals surface area contributed by atoms with Gasteiger partial charge in [0.1, 0.15) is 0 Å². The van der Waals surface area contributed by atoms with E-state index in [-0.39, 0.29) is 15.9 Å². The first-order chi connectivity index (χ1) is 14.3. The number of hydrogen-bond donors (Lipinski definition) is 2. The molecule has 6 nitrogen and oxygen atoms in total. The smallest absolute Gasteiger partial charge is 0.263 e. The number of thiophene rings is 1. The normalized spacial score (nSPS) is 11.5. The Morgan fingerprint density at radius 2 is 1.87 bits per heavy atom. The van der Waals surface area contributed by atoms with E-state index in [0.717, 1.165) is 20.7 Å². The van der Waals surface area contributed by atoms with Crippen molar-refractivity contribution in [2.45, 2.75) is 25.2 Å². The number of carbonyl (C=O) groups excluding carboxylic acids is 1. The van der Waals surface area contributed by atoms with Gasteiger partial charge in [0.15, 0.2) is 5.13 Å². The molecule has 2 aromatic heterocycles. The maximum atomic E-state index is 12.6. The lowest BCUT2D eigenvalue weighted by atomic mass is 10.2. The lowest BCUT2D eigenvalue weighted by Gasteiger charge is -2.06. The zero-order chi connectivity index (χ0) is 21.3. The van der Waals surface area contributed by atoms with Gasteiger partial charge in [-0.15, -0.1) is 11.3 Å². The summed E-state index contributed by atoms with van der Waals surface area (Å²) in [5.74, 6) is -0.0963. The quantitative estimate of drug-likeness (QED) is 0.428. The second-order valence-corrected chi connectivity index (χ2v) is 10.6. The van der Waals surface area contributed by atoms with Crippen molar-refractivity contribution in [3.63, 3.8) is 0 Å². The molecule has 4 aromatic rings. The highest BCUT2D eigenvalue weighted by atomic mass is 32.2. The standard InChI is InChI=1S/C21H19N3O3S3/c1-13-5-7-17(8-6-13)30(26,27)24-21-23-20-14(2)10-15(11-18(20)29-21)22-19(25)12-16-4-3-9-28-16/h3-11H,12H2,1-2H3,(H,22,25)(H,23,24). The van der Waals surface area contributed by atoms with Crippen LogP contribution in [-0.2, 0) is 21.2 Å². The molecule has 0 saturated heterocycles. The van der Waals surface area contributed by atoms with Gasteiger partial charge >= 0.3 is 0 Å². The first kappa shape index (κ1) is 20.5. The van der Waals surface area contributed by atoms with E-state index in [2.05, 4.69) is 15.0 Å². The van der Waals surface area contributed by atoms with E-state index in [9.17, 15) is 13.2 Å². The summed E-state index contributed by atoms with van der Waals surface area (Å²) in [6, 6.07) is 14.1. The highest BCUT2D eigenvalue weighted by Gasteiger charge is 2.17. The first-order valence-corrected chi connectivity index (χ1v) is 12.3. The number of rotatable bonds is 6. The summed E-state index contributed by atoms with van der Waals surface area (Å²) in [6.45, 7) is 3.78. The molecule has 0 spiro atoms. The van der Waals surface area contributed by atoms with Crippen molar-refractivity contribution in [1.82, 2.24) is 4.98 Å². The molecule has 0 saturated carbocycles. The molecular formula is C21H19N3O3S3. The van der Waals surface area contributed by atoms with Gasteiger partial charge in [-0.1, -0.05) is 35.1 Å². The number of anilines is 2. The van der Waals surface area contributed by atoms with Crippen molar-refractivity contribution in [1.29, 1.82) is 0 Å². The fraction of sp³-hybridized carbons (Fsp3) is 0.143. The lowest BCUT2D eigenvalue weighted by molar-refractivity contribution is -0.115. The largest absolute Gasteiger partial charge is 0.326 e. The van der Waals surface area contributed by atoms with E-state index in [1.54, 1.807) is 35.6 Å². The van der Waals surface area contributed by atoms with Gasteiger partial charge in [0.25, 0.3) is 10.0 Å². The van der Waals surface area contributed by atoms with Crippen LogP contribution in [0, 0.1) is 13.8 Å². The molecule has 0 atom stereocenters. The predicted octanol–water partition coefficient (Wildman–Crippen LogP) is 4.96. The number of fused-ring (bicyclic) bond motifs is 1. The molecule has 0 aliphatic heterocycles. The Labute approximate surface area is 182 Å². The Morgan fingerprint density at radius 1 is 1.10 bits per heavy atom. The third-order valence-electron chi connectivity index (χ3n) is 4.44. The minimum absolute atomic E-state index is 0.0963. The Hall–Kier alpha value is -2.75. The monoisotopic (exact) mass is 457 g/mol. The zero-order valence-electron chi connectivity index (χ0n) is 16.3. The van der Waals surface area contributed by atoms with E-state index < -0.39 is 10.0 Å². The number of aryl methyl sites for hydroxylation is 2. The number of thiazole rings is 1. The van der Waals surface area contributed by atoms with Gasteiger partial charge in [0.2, 0.25) is 5.91 Å². The van der Waals surface area contributed by atoms with Crippen LogP contribution in [0.5, 0.6) is 0 Å². The molecule has 0 fully saturated rings. The van der Waals surface area contributed by atoms with Gasteiger partial charge in [-0.3, -0.25) is 9.52 Å². The topological polar surface area (TPSA) is 88.2 Å². The third-order valence-corrected chi connectivity index (χ3v) is 7.72. The van der Waals surface area contributed by atoms with Crippen LogP contribution in [0.3, 0.4) is 0 Å². The number of sulfonamides is 1. The molecule has 2 heterocycles. The van der Waals surface area contributed by atoms with E-state index in [4.69, 9.17) is 0 Å². The average Bonchev–Trinajstić information content (AvgIpc) is 3.31. The molecule has 0 aliphatic carbocycles. The molecule has 2 N–H and O–H groups in total. The summed E-state index contributed by atoms with van der Waals surface area (Å²) < 4.78 is 28.6. The molecule has 4 rings (SSSR count). The molecule has 0 aliphatic rings. The molecule has 0 unspecified atom stereocenters. The number of amides is 1. The van der Waals surface area contributed by atoms with E-state index >= 15 is 0 Å². The first-order valence-electron chi connectivity index (χ1n) is 9.13. The maximum absolute atomic E-state index is 12.6. The molecule has 30 heavy (non-hydrogen) atoms.